The van der Waals surface area contributed by atoms with E-state index in [0.29, 0.717) is 12.4 Å². The van der Waals surface area contributed by atoms with Crippen molar-refractivity contribution in [1.82, 2.24) is 4.98 Å². The van der Waals surface area contributed by atoms with Crippen molar-refractivity contribution in [2.45, 2.75) is 12.6 Å². The number of benzene rings is 1. The zero-order valence-electron chi connectivity index (χ0n) is 9.99. The molecule has 2 rings (SSSR count). The minimum absolute atomic E-state index is 0.107. The molecule has 0 radical (unpaired) electrons. The molecular weight excluding hydrogens is 228 g/mol. The summed E-state index contributed by atoms with van der Waals surface area (Å²) in [6.07, 6.45) is 1.73. The topological polar surface area (TPSA) is 68.4 Å². The summed E-state index contributed by atoms with van der Waals surface area (Å²) in [5.41, 5.74) is 7.47. The van der Waals surface area contributed by atoms with Crippen molar-refractivity contribution in [2.75, 3.05) is 6.61 Å². The minimum atomic E-state index is -0.426. The van der Waals surface area contributed by atoms with Crippen molar-refractivity contribution in [1.29, 1.82) is 0 Å². The van der Waals surface area contributed by atoms with Crippen LogP contribution in [-0.4, -0.2) is 16.7 Å². The predicted octanol–water partition coefficient (Wildman–Crippen LogP) is 1.65. The molecule has 0 amide bonds. The number of hydrogen-bond acceptors (Lipinski definition) is 4. The summed E-state index contributed by atoms with van der Waals surface area (Å²) in [5.74, 6) is 0.685. The Bertz CT molecular complexity index is 488. The maximum absolute atomic E-state index is 9.11. The molecule has 2 aromatic rings. The van der Waals surface area contributed by atoms with Crippen molar-refractivity contribution in [3.05, 3.63) is 59.9 Å². The van der Waals surface area contributed by atoms with Crippen LogP contribution in [0.2, 0.25) is 0 Å². The zero-order chi connectivity index (χ0) is 12.8. The van der Waals surface area contributed by atoms with Crippen molar-refractivity contribution in [3.8, 4) is 5.75 Å². The minimum Gasteiger partial charge on any atom is -0.487 e. The number of pyridine rings is 1. The van der Waals surface area contributed by atoms with Gasteiger partial charge in [0.25, 0.3) is 0 Å². The first-order valence-corrected chi connectivity index (χ1v) is 5.79. The van der Waals surface area contributed by atoms with Crippen LogP contribution in [0.25, 0.3) is 0 Å². The van der Waals surface area contributed by atoms with Crippen LogP contribution in [0.5, 0.6) is 5.75 Å². The van der Waals surface area contributed by atoms with Crippen molar-refractivity contribution in [2.24, 2.45) is 5.73 Å². The standard InChI is InChI=1S/C14H16N2O2/c15-13(9-17)12-6-1-2-7-14(12)18-10-11-5-3-4-8-16-11/h1-8,13,17H,9-10,15H2/t13-/m0/s1. The van der Waals surface area contributed by atoms with E-state index in [0.717, 1.165) is 11.3 Å². The van der Waals surface area contributed by atoms with Crippen LogP contribution in [0.4, 0.5) is 0 Å². The lowest BCUT2D eigenvalue weighted by Gasteiger charge is -2.14. The molecule has 18 heavy (non-hydrogen) atoms. The van der Waals surface area contributed by atoms with Gasteiger partial charge in [0.2, 0.25) is 0 Å². The monoisotopic (exact) mass is 244 g/mol. The first kappa shape index (κ1) is 12.5. The van der Waals surface area contributed by atoms with E-state index in [2.05, 4.69) is 4.98 Å². The van der Waals surface area contributed by atoms with E-state index >= 15 is 0 Å². The number of rotatable bonds is 5. The van der Waals surface area contributed by atoms with Gasteiger partial charge in [-0.3, -0.25) is 4.98 Å². The van der Waals surface area contributed by atoms with Crippen LogP contribution in [0.15, 0.2) is 48.7 Å². The Labute approximate surface area is 106 Å². The molecule has 94 valence electrons. The lowest BCUT2D eigenvalue weighted by Crippen LogP contribution is -2.15. The van der Waals surface area contributed by atoms with E-state index in [-0.39, 0.29) is 6.61 Å². The van der Waals surface area contributed by atoms with Gasteiger partial charge in [-0.15, -0.1) is 0 Å². The maximum Gasteiger partial charge on any atom is 0.130 e. The lowest BCUT2D eigenvalue weighted by molar-refractivity contribution is 0.257. The van der Waals surface area contributed by atoms with Gasteiger partial charge in [0.1, 0.15) is 12.4 Å². The summed E-state index contributed by atoms with van der Waals surface area (Å²) in [5, 5.41) is 9.11. The number of aliphatic hydroxyl groups is 1. The third kappa shape index (κ3) is 3.06. The molecule has 1 heterocycles. The normalized spacial score (nSPS) is 12.1. The Morgan fingerprint density at radius 2 is 1.94 bits per heavy atom. The molecule has 1 atom stereocenters. The molecule has 0 saturated heterocycles. The molecule has 0 unspecified atom stereocenters. The molecule has 0 saturated carbocycles. The lowest BCUT2D eigenvalue weighted by atomic mass is 10.1. The number of aromatic nitrogens is 1. The summed E-state index contributed by atoms with van der Waals surface area (Å²) < 4.78 is 5.69. The van der Waals surface area contributed by atoms with Crippen molar-refractivity contribution < 1.29 is 9.84 Å². The van der Waals surface area contributed by atoms with Gasteiger partial charge >= 0.3 is 0 Å². The molecule has 4 nitrogen and oxygen atoms in total. The van der Waals surface area contributed by atoms with E-state index in [4.69, 9.17) is 15.6 Å². The molecule has 0 spiro atoms. The Hall–Kier alpha value is -1.91. The summed E-state index contributed by atoms with van der Waals surface area (Å²) in [7, 11) is 0. The third-order valence-corrected chi connectivity index (χ3v) is 2.62. The second kappa shape index (κ2) is 6.14. The third-order valence-electron chi connectivity index (χ3n) is 2.62. The molecule has 0 fully saturated rings. The Morgan fingerprint density at radius 1 is 1.17 bits per heavy atom. The van der Waals surface area contributed by atoms with Gasteiger partial charge in [0.05, 0.1) is 18.3 Å². The molecular formula is C14H16N2O2. The van der Waals surface area contributed by atoms with E-state index in [1.165, 1.54) is 0 Å². The highest BCUT2D eigenvalue weighted by molar-refractivity contribution is 5.35. The highest BCUT2D eigenvalue weighted by Gasteiger charge is 2.10. The van der Waals surface area contributed by atoms with Crippen LogP contribution in [-0.2, 0) is 6.61 Å². The molecule has 1 aromatic heterocycles. The number of nitrogens with zero attached hydrogens (tertiary/aromatic N) is 1. The van der Waals surface area contributed by atoms with Gasteiger partial charge in [0.15, 0.2) is 0 Å². The molecule has 0 aliphatic heterocycles. The number of nitrogens with two attached hydrogens (primary N) is 1. The summed E-state index contributed by atoms with van der Waals surface area (Å²) in [4.78, 5) is 4.18. The first-order chi connectivity index (χ1) is 8.81. The highest BCUT2D eigenvalue weighted by Crippen LogP contribution is 2.23. The van der Waals surface area contributed by atoms with Crippen LogP contribution in [0.1, 0.15) is 17.3 Å². The SMILES string of the molecule is N[C@@H](CO)c1ccccc1OCc1ccccn1. The molecule has 0 bridgehead atoms. The second-order valence-corrected chi connectivity index (χ2v) is 3.94. The van der Waals surface area contributed by atoms with Gasteiger partial charge in [0, 0.05) is 11.8 Å². The van der Waals surface area contributed by atoms with Crippen LogP contribution < -0.4 is 10.5 Å². The first-order valence-electron chi connectivity index (χ1n) is 5.79. The Balaban J connectivity index is 2.10. The van der Waals surface area contributed by atoms with Gasteiger partial charge in [-0.05, 0) is 18.2 Å². The summed E-state index contributed by atoms with van der Waals surface area (Å²) in [6, 6.07) is 12.7. The molecule has 4 heteroatoms. The smallest absolute Gasteiger partial charge is 0.130 e. The van der Waals surface area contributed by atoms with Gasteiger partial charge < -0.3 is 15.6 Å². The molecule has 3 N–H and O–H groups in total. The van der Waals surface area contributed by atoms with E-state index in [9.17, 15) is 0 Å². The summed E-state index contributed by atoms with van der Waals surface area (Å²) >= 11 is 0. The molecule has 0 aliphatic rings. The highest BCUT2D eigenvalue weighted by atomic mass is 16.5. The quantitative estimate of drug-likeness (QED) is 0.839. The number of aliphatic hydroxyl groups excluding tert-OH is 1. The Morgan fingerprint density at radius 3 is 2.67 bits per heavy atom. The van der Waals surface area contributed by atoms with E-state index in [1.807, 2.05) is 42.5 Å². The van der Waals surface area contributed by atoms with E-state index in [1.54, 1.807) is 6.20 Å². The van der Waals surface area contributed by atoms with Crippen molar-refractivity contribution in [3.63, 3.8) is 0 Å². The van der Waals surface area contributed by atoms with Crippen LogP contribution >= 0.6 is 0 Å². The fourth-order valence-corrected chi connectivity index (χ4v) is 1.65. The Kier molecular flexibility index (Phi) is 4.28. The zero-order valence-corrected chi connectivity index (χ0v) is 9.99. The fraction of sp³-hybridized carbons (Fsp3) is 0.214. The average Bonchev–Trinajstić information content (AvgIpc) is 2.45. The average molecular weight is 244 g/mol. The van der Waals surface area contributed by atoms with Gasteiger partial charge in [-0.2, -0.15) is 0 Å². The number of hydrogen-bond donors (Lipinski definition) is 2. The number of ether oxygens (including phenoxy) is 1. The van der Waals surface area contributed by atoms with Crippen molar-refractivity contribution >= 4 is 0 Å². The van der Waals surface area contributed by atoms with E-state index < -0.39 is 6.04 Å². The largest absolute Gasteiger partial charge is 0.487 e. The van der Waals surface area contributed by atoms with Crippen LogP contribution in [0.3, 0.4) is 0 Å². The maximum atomic E-state index is 9.11. The van der Waals surface area contributed by atoms with Gasteiger partial charge in [-0.25, -0.2) is 0 Å². The van der Waals surface area contributed by atoms with Gasteiger partial charge in [-0.1, -0.05) is 24.3 Å². The van der Waals surface area contributed by atoms with Crippen LogP contribution in [0, 0.1) is 0 Å². The number of para-hydroxylation sites is 1. The second-order valence-electron chi connectivity index (χ2n) is 3.94. The fourth-order valence-electron chi connectivity index (χ4n) is 1.65. The molecule has 0 aliphatic carbocycles. The summed E-state index contributed by atoms with van der Waals surface area (Å²) in [6.45, 7) is 0.278. The molecule has 1 aromatic carbocycles. The predicted molar refractivity (Wildman–Crippen MR) is 69.0 cm³/mol.